The number of rotatable bonds is 6. The Kier molecular flexibility index (Phi) is 5.61. The lowest BCUT2D eigenvalue weighted by atomic mass is 9.93. The molecule has 6 heteroatoms. The van der Waals surface area contributed by atoms with Crippen LogP contribution in [-0.2, 0) is 18.3 Å². The average Bonchev–Trinajstić information content (AvgIpc) is 3.04. The Labute approximate surface area is 154 Å². The van der Waals surface area contributed by atoms with Crippen molar-refractivity contribution in [1.29, 1.82) is 0 Å². The molecule has 1 N–H and O–H groups in total. The first-order valence-corrected chi connectivity index (χ1v) is 9.11. The van der Waals surface area contributed by atoms with Crippen molar-refractivity contribution in [2.75, 3.05) is 19.7 Å². The molecule has 26 heavy (non-hydrogen) atoms. The molecule has 3 rings (SSSR count). The minimum Gasteiger partial charge on any atom is -0.490 e. The lowest BCUT2D eigenvalue weighted by Gasteiger charge is -2.39. The molecule has 1 fully saturated rings. The van der Waals surface area contributed by atoms with Crippen LogP contribution >= 0.6 is 0 Å². The van der Waals surface area contributed by atoms with Gasteiger partial charge >= 0.3 is 0 Å². The smallest absolute Gasteiger partial charge is 0.223 e. The van der Waals surface area contributed by atoms with Crippen molar-refractivity contribution >= 4 is 5.91 Å². The van der Waals surface area contributed by atoms with Crippen LogP contribution in [0.3, 0.4) is 0 Å². The summed E-state index contributed by atoms with van der Waals surface area (Å²) in [5.41, 5.74) is 1.09. The highest BCUT2D eigenvalue weighted by Crippen LogP contribution is 2.25. The topological polar surface area (TPSA) is 67.6 Å². The van der Waals surface area contributed by atoms with Crippen LogP contribution in [0.4, 0.5) is 0 Å². The van der Waals surface area contributed by atoms with Crippen LogP contribution in [0.2, 0.25) is 0 Å². The number of ether oxygens (including phenoxy) is 1. The quantitative estimate of drug-likeness (QED) is 0.860. The molecule has 0 aliphatic carbocycles. The van der Waals surface area contributed by atoms with E-state index in [4.69, 9.17) is 4.74 Å². The van der Waals surface area contributed by atoms with Crippen LogP contribution < -0.4 is 4.74 Å². The van der Waals surface area contributed by atoms with Crippen molar-refractivity contribution in [3.05, 3.63) is 47.8 Å². The molecular weight excluding hydrogens is 330 g/mol. The zero-order valence-electron chi connectivity index (χ0n) is 15.5. The largest absolute Gasteiger partial charge is 0.490 e. The van der Waals surface area contributed by atoms with Crippen molar-refractivity contribution in [2.45, 2.75) is 38.2 Å². The van der Waals surface area contributed by atoms with Crippen LogP contribution in [0.25, 0.3) is 0 Å². The van der Waals surface area contributed by atoms with Crippen molar-refractivity contribution in [2.24, 2.45) is 7.05 Å². The molecular formula is C20H27N3O3. The predicted octanol–water partition coefficient (Wildman–Crippen LogP) is 2.09. The highest BCUT2D eigenvalue weighted by molar-refractivity contribution is 5.76. The number of hydrogen-bond acceptors (Lipinski definition) is 4. The van der Waals surface area contributed by atoms with E-state index in [9.17, 15) is 9.90 Å². The molecule has 0 bridgehead atoms. The Hall–Kier alpha value is -2.34. The standard InChI is InChI=1S/C20H27N3O3/c1-16-6-3-4-7-18(16)26-15-20(25)10-5-11-23(14-20)19(24)9-8-17-12-21-22(2)13-17/h3-4,6-7,12-13,25H,5,8-11,14-15H2,1-2H3. The number of β-amino-alcohol motifs (C(OH)–C–C–N with tert-alkyl or cyclic N) is 1. The number of nitrogens with zero attached hydrogens (tertiary/aromatic N) is 3. The molecule has 0 spiro atoms. The normalized spacial score (nSPS) is 20.2. The second-order valence-corrected chi connectivity index (χ2v) is 7.22. The molecule has 2 aromatic rings. The van der Waals surface area contributed by atoms with Crippen molar-refractivity contribution in [1.82, 2.24) is 14.7 Å². The second kappa shape index (κ2) is 7.91. The number of para-hydroxylation sites is 1. The van der Waals surface area contributed by atoms with E-state index in [1.165, 1.54) is 0 Å². The minimum absolute atomic E-state index is 0.0721. The third kappa shape index (κ3) is 4.64. The van der Waals surface area contributed by atoms with Crippen LogP contribution in [-0.4, -0.2) is 51.0 Å². The van der Waals surface area contributed by atoms with Crippen LogP contribution in [0, 0.1) is 6.92 Å². The van der Waals surface area contributed by atoms with E-state index in [2.05, 4.69) is 5.10 Å². The average molecular weight is 357 g/mol. The zero-order valence-corrected chi connectivity index (χ0v) is 15.5. The molecule has 1 aromatic heterocycles. The van der Waals surface area contributed by atoms with Crippen LogP contribution in [0.1, 0.15) is 30.4 Å². The van der Waals surface area contributed by atoms with E-state index in [-0.39, 0.29) is 12.5 Å². The Morgan fingerprint density at radius 1 is 1.38 bits per heavy atom. The van der Waals surface area contributed by atoms with Gasteiger partial charge < -0.3 is 14.7 Å². The summed E-state index contributed by atoms with van der Waals surface area (Å²) in [6, 6.07) is 7.76. The Bertz CT molecular complexity index is 758. The third-order valence-corrected chi connectivity index (χ3v) is 4.88. The molecule has 0 saturated carbocycles. The summed E-state index contributed by atoms with van der Waals surface area (Å²) in [5, 5.41) is 15.0. The number of carbonyl (C=O) groups is 1. The third-order valence-electron chi connectivity index (χ3n) is 4.88. The van der Waals surface area contributed by atoms with Gasteiger partial charge in [-0.05, 0) is 43.4 Å². The Morgan fingerprint density at radius 2 is 2.19 bits per heavy atom. The van der Waals surface area contributed by atoms with Crippen molar-refractivity contribution < 1.29 is 14.6 Å². The summed E-state index contributed by atoms with van der Waals surface area (Å²) in [6.07, 6.45) is 6.24. The summed E-state index contributed by atoms with van der Waals surface area (Å²) < 4.78 is 7.58. The maximum Gasteiger partial charge on any atom is 0.223 e. The van der Waals surface area contributed by atoms with Gasteiger partial charge in [-0.15, -0.1) is 0 Å². The van der Waals surface area contributed by atoms with Gasteiger partial charge in [0.05, 0.1) is 12.7 Å². The van der Waals surface area contributed by atoms with Gasteiger partial charge in [0.1, 0.15) is 18.0 Å². The highest BCUT2D eigenvalue weighted by atomic mass is 16.5. The molecule has 1 unspecified atom stereocenters. The maximum atomic E-state index is 12.5. The molecule has 1 atom stereocenters. The second-order valence-electron chi connectivity index (χ2n) is 7.22. The highest BCUT2D eigenvalue weighted by Gasteiger charge is 2.36. The number of hydrogen-bond donors (Lipinski definition) is 1. The van der Waals surface area contributed by atoms with E-state index >= 15 is 0 Å². The van der Waals surface area contributed by atoms with Gasteiger partial charge in [0, 0.05) is 26.2 Å². The van der Waals surface area contributed by atoms with Gasteiger partial charge in [-0.1, -0.05) is 18.2 Å². The SMILES string of the molecule is Cc1ccccc1OCC1(O)CCCN(C(=O)CCc2cnn(C)c2)C1. The predicted molar refractivity (Wildman–Crippen MR) is 99.0 cm³/mol. The molecule has 1 amide bonds. The summed E-state index contributed by atoms with van der Waals surface area (Å²) in [7, 11) is 1.87. The molecule has 2 heterocycles. The fraction of sp³-hybridized carbons (Fsp3) is 0.500. The molecule has 1 aromatic carbocycles. The van der Waals surface area contributed by atoms with Crippen molar-refractivity contribution in [3.63, 3.8) is 0 Å². The van der Waals surface area contributed by atoms with E-state index < -0.39 is 5.60 Å². The lowest BCUT2D eigenvalue weighted by molar-refractivity contribution is -0.140. The number of benzene rings is 1. The molecule has 1 aliphatic heterocycles. The van der Waals surface area contributed by atoms with E-state index in [0.29, 0.717) is 32.4 Å². The van der Waals surface area contributed by atoms with Crippen LogP contribution in [0.5, 0.6) is 5.75 Å². The van der Waals surface area contributed by atoms with E-state index in [1.54, 1.807) is 15.8 Å². The first-order chi connectivity index (χ1) is 12.5. The Balaban J connectivity index is 1.53. The number of carbonyl (C=O) groups excluding carboxylic acids is 1. The van der Waals surface area contributed by atoms with Gasteiger partial charge in [-0.2, -0.15) is 5.10 Å². The van der Waals surface area contributed by atoms with E-state index in [0.717, 1.165) is 23.3 Å². The monoisotopic (exact) mass is 357 g/mol. The van der Waals surface area contributed by atoms with Gasteiger partial charge in [-0.25, -0.2) is 0 Å². The summed E-state index contributed by atoms with van der Waals surface area (Å²) in [4.78, 5) is 14.3. The van der Waals surface area contributed by atoms with Gasteiger partial charge in [0.2, 0.25) is 5.91 Å². The van der Waals surface area contributed by atoms with Crippen LogP contribution in [0.15, 0.2) is 36.7 Å². The van der Waals surface area contributed by atoms with Crippen molar-refractivity contribution in [3.8, 4) is 5.75 Å². The molecule has 0 radical (unpaired) electrons. The first kappa shape index (κ1) is 18.5. The number of likely N-dealkylation sites (tertiary alicyclic amines) is 1. The number of aliphatic hydroxyl groups is 1. The summed E-state index contributed by atoms with van der Waals surface area (Å²) >= 11 is 0. The molecule has 1 saturated heterocycles. The number of piperidine rings is 1. The van der Waals surface area contributed by atoms with E-state index in [1.807, 2.05) is 44.4 Å². The number of aryl methyl sites for hydroxylation is 3. The molecule has 140 valence electrons. The van der Waals surface area contributed by atoms with Gasteiger partial charge in [0.15, 0.2) is 0 Å². The summed E-state index contributed by atoms with van der Waals surface area (Å²) in [6.45, 7) is 3.20. The maximum absolute atomic E-state index is 12.5. The lowest BCUT2D eigenvalue weighted by Crippen LogP contribution is -2.53. The minimum atomic E-state index is -0.996. The molecule has 6 nitrogen and oxygen atoms in total. The van der Waals surface area contributed by atoms with Gasteiger partial charge in [-0.3, -0.25) is 9.48 Å². The number of aromatic nitrogens is 2. The zero-order chi connectivity index (χ0) is 18.6. The van der Waals surface area contributed by atoms with Gasteiger partial charge in [0.25, 0.3) is 0 Å². The fourth-order valence-corrected chi connectivity index (χ4v) is 3.38. The fourth-order valence-electron chi connectivity index (χ4n) is 3.38. The number of amides is 1. The Morgan fingerprint density at radius 3 is 2.92 bits per heavy atom. The first-order valence-electron chi connectivity index (χ1n) is 9.11. The molecule has 1 aliphatic rings. The summed E-state index contributed by atoms with van der Waals surface area (Å²) in [5.74, 6) is 0.851.